The molecule has 1 aromatic heterocycles. The van der Waals surface area contributed by atoms with Crippen LogP contribution in [0.5, 0.6) is 0 Å². The molecule has 128 valence electrons. The van der Waals surface area contributed by atoms with Crippen molar-refractivity contribution in [1.29, 1.82) is 0 Å². The summed E-state index contributed by atoms with van der Waals surface area (Å²) in [5.74, 6) is 2.77. The van der Waals surface area contributed by atoms with Crippen LogP contribution in [0, 0.1) is 5.92 Å². The van der Waals surface area contributed by atoms with Crippen LogP contribution in [0.2, 0.25) is 5.02 Å². The van der Waals surface area contributed by atoms with E-state index in [0.29, 0.717) is 29.7 Å². The Morgan fingerprint density at radius 1 is 1.38 bits per heavy atom. The highest BCUT2D eigenvalue weighted by atomic mass is 35.5. The van der Waals surface area contributed by atoms with Gasteiger partial charge in [0.05, 0.1) is 0 Å². The highest BCUT2D eigenvalue weighted by Gasteiger charge is 2.20. The Balaban J connectivity index is 1.51. The number of benzene rings is 1. The van der Waals surface area contributed by atoms with Crippen molar-refractivity contribution < 1.29 is 4.52 Å². The van der Waals surface area contributed by atoms with Crippen LogP contribution in [0.25, 0.3) is 11.4 Å². The number of halogens is 1. The highest BCUT2D eigenvalue weighted by molar-refractivity contribution is 6.30. The lowest BCUT2D eigenvalue weighted by atomic mass is 10.2. The maximum absolute atomic E-state index is 5.99. The summed E-state index contributed by atoms with van der Waals surface area (Å²) in [5.41, 5.74) is 0.852. The van der Waals surface area contributed by atoms with Gasteiger partial charge in [-0.05, 0) is 37.8 Å². The van der Waals surface area contributed by atoms with Crippen LogP contribution >= 0.6 is 11.6 Å². The van der Waals surface area contributed by atoms with E-state index in [4.69, 9.17) is 16.1 Å². The van der Waals surface area contributed by atoms with Gasteiger partial charge in [0.15, 0.2) is 5.96 Å². The molecule has 0 bridgehead atoms. The van der Waals surface area contributed by atoms with E-state index in [1.54, 1.807) is 0 Å². The Hall–Kier alpha value is -2.08. The van der Waals surface area contributed by atoms with E-state index in [-0.39, 0.29) is 0 Å². The van der Waals surface area contributed by atoms with Crippen LogP contribution in [-0.4, -0.2) is 35.7 Å². The van der Waals surface area contributed by atoms with Gasteiger partial charge in [-0.15, -0.1) is 0 Å². The van der Waals surface area contributed by atoms with Crippen molar-refractivity contribution in [2.45, 2.75) is 26.2 Å². The van der Waals surface area contributed by atoms with Crippen molar-refractivity contribution in [3.63, 3.8) is 0 Å². The van der Waals surface area contributed by atoms with Crippen molar-refractivity contribution in [3.8, 4) is 11.4 Å². The van der Waals surface area contributed by atoms with Gasteiger partial charge in [-0.25, -0.2) is 0 Å². The molecule has 0 unspecified atom stereocenters. The molecule has 1 heterocycles. The summed E-state index contributed by atoms with van der Waals surface area (Å²) in [6.07, 6.45) is 3.25. The summed E-state index contributed by atoms with van der Waals surface area (Å²) < 4.78 is 5.30. The molecule has 2 aromatic rings. The zero-order valence-electron chi connectivity index (χ0n) is 13.8. The average molecular weight is 348 g/mol. The second kappa shape index (κ2) is 8.15. The van der Waals surface area contributed by atoms with Crippen LogP contribution in [0.4, 0.5) is 0 Å². The van der Waals surface area contributed by atoms with Gasteiger partial charge >= 0.3 is 0 Å². The monoisotopic (exact) mass is 347 g/mol. The molecular formula is C17H22ClN5O. The second-order valence-electron chi connectivity index (χ2n) is 5.86. The Bertz CT molecular complexity index is 696. The second-order valence-corrected chi connectivity index (χ2v) is 6.30. The molecule has 1 aliphatic rings. The van der Waals surface area contributed by atoms with Crippen molar-refractivity contribution in [1.82, 2.24) is 20.8 Å². The first-order valence-electron chi connectivity index (χ1n) is 8.35. The predicted molar refractivity (Wildman–Crippen MR) is 95.2 cm³/mol. The van der Waals surface area contributed by atoms with E-state index in [9.17, 15) is 0 Å². The molecule has 1 aliphatic carbocycles. The van der Waals surface area contributed by atoms with Gasteiger partial charge in [-0.2, -0.15) is 4.98 Å². The van der Waals surface area contributed by atoms with Crippen molar-refractivity contribution >= 4 is 17.6 Å². The van der Waals surface area contributed by atoms with Crippen LogP contribution < -0.4 is 10.6 Å². The standard InChI is InChI=1S/C17H22ClN5O/c1-2-19-17(21-11-12-6-7-12)20-9-8-15-22-16(23-24-15)13-4-3-5-14(18)10-13/h3-5,10,12H,2,6-9,11H2,1H3,(H2,19,20,21). The zero-order valence-corrected chi connectivity index (χ0v) is 14.5. The summed E-state index contributed by atoms with van der Waals surface area (Å²) in [7, 11) is 0. The lowest BCUT2D eigenvalue weighted by Gasteiger charge is -2.09. The third-order valence-electron chi connectivity index (χ3n) is 3.73. The minimum absolute atomic E-state index is 0.557. The fourth-order valence-corrected chi connectivity index (χ4v) is 2.44. The average Bonchev–Trinajstić information content (AvgIpc) is 3.29. The van der Waals surface area contributed by atoms with E-state index >= 15 is 0 Å². The summed E-state index contributed by atoms with van der Waals surface area (Å²) >= 11 is 5.99. The Morgan fingerprint density at radius 3 is 3.00 bits per heavy atom. The van der Waals surface area contributed by atoms with E-state index in [1.807, 2.05) is 24.3 Å². The van der Waals surface area contributed by atoms with Gasteiger partial charge in [0.1, 0.15) is 0 Å². The smallest absolute Gasteiger partial charge is 0.228 e. The molecule has 6 nitrogen and oxygen atoms in total. The Labute approximate surface area is 146 Å². The quantitative estimate of drug-likeness (QED) is 0.595. The van der Waals surface area contributed by atoms with Gasteiger partial charge in [-0.1, -0.05) is 28.9 Å². The third kappa shape index (κ3) is 4.96. The fraction of sp³-hybridized carbons (Fsp3) is 0.471. The first kappa shape index (κ1) is 16.8. The minimum atomic E-state index is 0.557. The number of aliphatic imine (C=N–C) groups is 1. The SMILES string of the molecule is CCNC(=NCC1CC1)NCCc1nc(-c2cccc(Cl)c2)no1. The van der Waals surface area contributed by atoms with Crippen LogP contribution in [0.3, 0.4) is 0 Å². The van der Waals surface area contributed by atoms with Gasteiger partial charge in [0, 0.05) is 36.6 Å². The molecule has 0 saturated heterocycles. The van der Waals surface area contributed by atoms with E-state index < -0.39 is 0 Å². The molecule has 3 rings (SSSR count). The first-order valence-corrected chi connectivity index (χ1v) is 8.73. The summed E-state index contributed by atoms with van der Waals surface area (Å²) in [4.78, 5) is 8.99. The molecule has 24 heavy (non-hydrogen) atoms. The molecule has 1 aromatic carbocycles. The molecule has 2 N–H and O–H groups in total. The predicted octanol–water partition coefficient (Wildman–Crippen LogP) is 2.90. The third-order valence-corrected chi connectivity index (χ3v) is 3.97. The topological polar surface area (TPSA) is 75.3 Å². The number of aromatic nitrogens is 2. The minimum Gasteiger partial charge on any atom is -0.357 e. The summed E-state index contributed by atoms with van der Waals surface area (Å²) in [6, 6.07) is 7.42. The van der Waals surface area contributed by atoms with E-state index in [2.05, 4.69) is 32.7 Å². The van der Waals surface area contributed by atoms with Crippen LogP contribution in [-0.2, 0) is 6.42 Å². The molecule has 0 amide bonds. The number of rotatable bonds is 7. The van der Waals surface area contributed by atoms with Gasteiger partial charge in [0.25, 0.3) is 0 Å². The number of nitrogens with one attached hydrogen (secondary N) is 2. The Morgan fingerprint density at radius 2 is 2.25 bits per heavy atom. The van der Waals surface area contributed by atoms with Crippen molar-refractivity contribution in [2.24, 2.45) is 10.9 Å². The molecular weight excluding hydrogens is 326 g/mol. The van der Waals surface area contributed by atoms with Crippen LogP contribution in [0.1, 0.15) is 25.7 Å². The fourth-order valence-electron chi connectivity index (χ4n) is 2.25. The van der Waals surface area contributed by atoms with Crippen LogP contribution in [0.15, 0.2) is 33.8 Å². The maximum atomic E-state index is 5.99. The van der Waals surface area contributed by atoms with Crippen molar-refractivity contribution in [2.75, 3.05) is 19.6 Å². The molecule has 7 heteroatoms. The van der Waals surface area contributed by atoms with Gasteiger partial charge in [0.2, 0.25) is 11.7 Å². The number of hydrogen-bond donors (Lipinski definition) is 2. The number of nitrogens with zero attached hydrogens (tertiary/aromatic N) is 3. The summed E-state index contributed by atoms with van der Waals surface area (Å²) in [5, 5.41) is 11.2. The molecule has 0 atom stereocenters. The highest BCUT2D eigenvalue weighted by Crippen LogP contribution is 2.28. The van der Waals surface area contributed by atoms with Gasteiger partial charge < -0.3 is 15.2 Å². The molecule has 0 aliphatic heterocycles. The van der Waals surface area contributed by atoms with E-state index in [1.165, 1.54) is 12.8 Å². The zero-order chi connectivity index (χ0) is 16.8. The number of hydrogen-bond acceptors (Lipinski definition) is 4. The molecule has 0 radical (unpaired) electrons. The molecule has 0 spiro atoms. The summed E-state index contributed by atoms with van der Waals surface area (Å²) in [6.45, 7) is 4.49. The lowest BCUT2D eigenvalue weighted by molar-refractivity contribution is 0.378. The van der Waals surface area contributed by atoms with Gasteiger partial charge in [-0.3, -0.25) is 4.99 Å². The lowest BCUT2D eigenvalue weighted by Crippen LogP contribution is -2.38. The Kier molecular flexibility index (Phi) is 5.69. The van der Waals surface area contributed by atoms with E-state index in [0.717, 1.165) is 30.5 Å². The normalized spacial score (nSPS) is 14.7. The first-order chi connectivity index (χ1) is 11.7. The van der Waals surface area contributed by atoms with Crippen molar-refractivity contribution in [3.05, 3.63) is 35.2 Å². The molecule has 1 saturated carbocycles. The maximum Gasteiger partial charge on any atom is 0.228 e. The molecule has 1 fully saturated rings. The largest absolute Gasteiger partial charge is 0.357 e. The number of guanidine groups is 1.